The lowest BCUT2D eigenvalue weighted by atomic mass is 9.87. The minimum atomic E-state index is -5.08. The van der Waals surface area contributed by atoms with E-state index in [0.29, 0.717) is 6.04 Å². The van der Waals surface area contributed by atoms with Crippen LogP contribution in [0.15, 0.2) is 24.4 Å². The van der Waals surface area contributed by atoms with Crippen LogP contribution in [-0.2, 0) is 20.9 Å². The number of ether oxygens (including phenoxy) is 1. The van der Waals surface area contributed by atoms with Crippen LogP contribution in [0, 0.1) is 0 Å². The number of halogens is 6. The summed E-state index contributed by atoms with van der Waals surface area (Å²) < 4.78 is 69.7. The lowest BCUT2D eigenvalue weighted by molar-refractivity contribution is -0.193. The minimum absolute atomic E-state index is 0.115. The molecule has 1 spiro atoms. The van der Waals surface area contributed by atoms with E-state index >= 15 is 0 Å². The van der Waals surface area contributed by atoms with Crippen LogP contribution in [0.4, 0.5) is 26.3 Å². The number of likely N-dealkylation sites (tertiary alicyclic amines) is 1. The Labute approximate surface area is 204 Å². The van der Waals surface area contributed by atoms with Crippen molar-refractivity contribution in [3.8, 4) is 0 Å². The van der Waals surface area contributed by atoms with E-state index in [1.807, 2.05) is 12.3 Å². The Kier molecular flexibility index (Phi) is 11.1. The predicted octanol–water partition coefficient (Wildman–Crippen LogP) is 3.86. The smallest absolute Gasteiger partial charge is 0.475 e. The topological polar surface area (TPSA) is 112 Å². The fourth-order valence-corrected chi connectivity index (χ4v) is 3.74. The minimum Gasteiger partial charge on any atom is -0.475 e. The summed E-state index contributed by atoms with van der Waals surface area (Å²) in [6, 6.07) is 6.65. The average Bonchev–Trinajstić information content (AvgIpc) is 3.10. The van der Waals surface area contributed by atoms with E-state index in [0.717, 1.165) is 51.2 Å². The molecule has 1 atom stereocenters. The number of aliphatic carboxylic acids is 2. The zero-order chi connectivity index (χ0) is 27.8. The van der Waals surface area contributed by atoms with Gasteiger partial charge in [-0.25, -0.2) is 9.59 Å². The van der Waals surface area contributed by atoms with Crippen molar-refractivity contribution < 1.29 is 50.9 Å². The molecule has 2 saturated heterocycles. The van der Waals surface area contributed by atoms with Gasteiger partial charge in [0.25, 0.3) is 0 Å². The van der Waals surface area contributed by atoms with Crippen LogP contribution in [0.1, 0.15) is 45.7 Å². The fourth-order valence-electron chi connectivity index (χ4n) is 3.74. The Morgan fingerprint density at radius 2 is 1.56 bits per heavy atom. The number of alkyl halides is 6. The third kappa shape index (κ3) is 12.0. The van der Waals surface area contributed by atoms with E-state index in [9.17, 15) is 26.3 Å². The van der Waals surface area contributed by atoms with Crippen molar-refractivity contribution in [2.45, 2.75) is 76.1 Å². The summed E-state index contributed by atoms with van der Waals surface area (Å²) >= 11 is 0. The van der Waals surface area contributed by atoms with Gasteiger partial charge in [-0.3, -0.25) is 9.88 Å². The Bertz CT molecular complexity index is 811. The highest BCUT2D eigenvalue weighted by Gasteiger charge is 2.43. The second kappa shape index (κ2) is 12.7. The Balaban J connectivity index is 0.000000383. The van der Waals surface area contributed by atoms with Crippen LogP contribution >= 0.6 is 0 Å². The number of hydrogen-bond donors (Lipinski definition) is 3. The summed E-state index contributed by atoms with van der Waals surface area (Å²) in [5.74, 6) is -5.51. The lowest BCUT2D eigenvalue weighted by Gasteiger charge is -2.38. The Morgan fingerprint density at radius 1 is 1.06 bits per heavy atom. The first kappa shape index (κ1) is 31.6. The molecule has 0 aromatic carbocycles. The molecule has 2 aliphatic heterocycles. The molecule has 1 aromatic heterocycles. The maximum Gasteiger partial charge on any atom is 0.490 e. The molecule has 8 nitrogen and oxygen atoms in total. The monoisotopic (exact) mass is 531 g/mol. The highest BCUT2D eigenvalue weighted by Crippen LogP contribution is 2.36. The molecule has 2 fully saturated rings. The van der Waals surface area contributed by atoms with Crippen molar-refractivity contribution in [1.82, 2.24) is 15.2 Å². The van der Waals surface area contributed by atoms with E-state index in [4.69, 9.17) is 24.5 Å². The van der Waals surface area contributed by atoms with E-state index < -0.39 is 24.3 Å². The number of pyridine rings is 1. The van der Waals surface area contributed by atoms with Gasteiger partial charge in [-0.15, -0.1) is 0 Å². The highest BCUT2D eigenvalue weighted by molar-refractivity contribution is 5.73. The van der Waals surface area contributed by atoms with Gasteiger partial charge in [-0.2, -0.15) is 26.3 Å². The van der Waals surface area contributed by atoms with Crippen molar-refractivity contribution in [3.63, 3.8) is 0 Å². The first-order chi connectivity index (χ1) is 16.3. The number of piperidine rings is 1. The van der Waals surface area contributed by atoms with Crippen LogP contribution in [0.25, 0.3) is 0 Å². The second-order valence-corrected chi connectivity index (χ2v) is 9.49. The number of carboxylic acid groups (broad SMARTS) is 2. The first-order valence-electron chi connectivity index (χ1n) is 11.0. The van der Waals surface area contributed by atoms with Crippen molar-refractivity contribution in [2.24, 2.45) is 0 Å². The van der Waals surface area contributed by atoms with E-state index in [2.05, 4.69) is 48.1 Å². The van der Waals surface area contributed by atoms with Crippen molar-refractivity contribution in [2.75, 3.05) is 19.7 Å². The van der Waals surface area contributed by atoms with E-state index in [1.165, 1.54) is 0 Å². The molecule has 36 heavy (non-hydrogen) atoms. The fraction of sp³-hybridized carbons (Fsp3) is 0.682. The zero-order valence-corrected chi connectivity index (χ0v) is 20.1. The molecule has 1 unspecified atom stereocenters. The first-order valence-corrected chi connectivity index (χ1v) is 11.0. The second-order valence-electron chi connectivity index (χ2n) is 9.49. The summed E-state index contributed by atoms with van der Waals surface area (Å²) in [5, 5.41) is 17.9. The molecular weight excluding hydrogens is 500 g/mol. The summed E-state index contributed by atoms with van der Waals surface area (Å²) in [6.45, 7) is 10.7. The number of carboxylic acids is 2. The number of hydrogen-bond acceptors (Lipinski definition) is 6. The maximum atomic E-state index is 10.6. The summed E-state index contributed by atoms with van der Waals surface area (Å²) in [6.07, 6.45) is -4.85. The number of nitrogens with one attached hydrogen (secondary N) is 1. The van der Waals surface area contributed by atoms with Gasteiger partial charge in [0.2, 0.25) is 0 Å². The molecule has 0 bridgehead atoms. The third-order valence-electron chi connectivity index (χ3n) is 5.21. The van der Waals surface area contributed by atoms with Crippen molar-refractivity contribution in [3.05, 3.63) is 30.1 Å². The number of rotatable bonds is 3. The molecule has 0 radical (unpaired) electrons. The van der Waals surface area contributed by atoms with Crippen LogP contribution < -0.4 is 5.32 Å². The summed E-state index contributed by atoms with van der Waals surface area (Å²) in [5.41, 5.74) is 1.45. The van der Waals surface area contributed by atoms with Crippen LogP contribution in [0.5, 0.6) is 0 Å². The largest absolute Gasteiger partial charge is 0.490 e. The molecule has 14 heteroatoms. The standard InChI is InChI=1S/C18H29N3O.2C2HF3O2/c1-17(2,3)20-16-12-18(22-14-16)7-10-21(11-8-18)13-15-6-4-5-9-19-15;2*3-2(4,5)1(6)7/h4-6,9,16,20H,7-8,10-14H2,1-3H3;2*(H,6,7). The van der Waals surface area contributed by atoms with Gasteiger partial charge in [-0.1, -0.05) is 6.07 Å². The quantitative estimate of drug-likeness (QED) is 0.505. The molecule has 206 valence electrons. The van der Waals surface area contributed by atoms with Gasteiger partial charge in [0.1, 0.15) is 0 Å². The highest BCUT2D eigenvalue weighted by atomic mass is 19.4. The van der Waals surface area contributed by atoms with Gasteiger partial charge in [-0.05, 0) is 52.2 Å². The Morgan fingerprint density at radius 3 is 1.94 bits per heavy atom. The van der Waals surface area contributed by atoms with E-state index in [-0.39, 0.29) is 11.1 Å². The molecular formula is C22H31F6N3O5. The van der Waals surface area contributed by atoms with Gasteiger partial charge in [0.15, 0.2) is 0 Å². The number of nitrogens with zero attached hydrogens (tertiary/aromatic N) is 2. The van der Waals surface area contributed by atoms with Crippen LogP contribution in [0.2, 0.25) is 0 Å². The molecule has 0 aliphatic carbocycles. The van der Waals surface area contributed by atoms with Crippen molar-refractivity contribution in [1.29, 1.82) is 0 Å². The SMILES string of the molecule is CC(C)(C)NC1COC2(CCN(Cc3ccccn3)CC2)C1.O=C(O)C(F)(F)F.O=C(O)C(F)(F)F. The number of carbonyl (C=O) groups is 2. The third-order valence-corrected chi connectivity index (χ3v) is 5.21. The summed E-state index contributed by atoms with van der Waals surface area (Å²) in [7, 11) is 0. The Hall–Kier alpha value is -2.45. The zero-order valence-electron chi connectivity index (χ0n) is 20.1. The van der Waals surface area contributed by atoms with Crippen LogP contribution in [-0.4, -0.2) is 81.3 Å². The van der Waals surface area contributed by atoms with Gasteiger partial charge >= 0.3 is 24.3 Å². The summed E-state index contributed by atoms with van der Waals surface area (Å²) in [4.78, 5) is 24.7. The molecule has 0 saturated carbocycles. The van der Waals surface area contributed by atoms with Gasteiger partial charge < -0.3 is 20.3 Å². The number of aromatic nitrogens is 1. The molecule has 2 aliphatic rings. The molecule has 3 heterocycles. The predicted molar refractivity (Wildman–Crippen MR) is 116 cm³/mol. The average molecular weight is 531 g/mol. The van der Waals surface area contributed by atoms with Crippen molar-refractivity contribution >= 4 is 11.9 Å². The molecule has 3 rings (SSSR count). The molecule has 1 aromatic rings. The normalized spacial score (nSPS) is 20.1. The molecule has 0 amide bonds. The maximum absolute atomic E-state index is 10.6. The van der Waals surface area contributed by atoms with Crippen LogP contribution in [0.3, 0.4) is 0 Å². The lowest BCUT2D eigenvalue weighted by Crippen LogP contribution is -2.46. The van der Waals surface area contributed by atoms with Gasteiger partial charge in [0, 0.05) is 37.4 Å². The van der Waals surface area contributed by atoms with Gasteiger partial charge in [0.05, 0.1) is 17.9 Å². The molecule has 3 N–H and O–H groups in total. The van der Waals surface area contributed by atoms with E-state index in [1.54, 1.807) is 0 Å².